The molecule has 0 amide bonds. The largest absolute Gasteiger partial charge is 0.467 e. The smallest absolute Gasteiger partial charge is 0.133 e. The maximum absolute atomic E-state index is 5.50. The predicted molar refractivity (Wildman–Crippen MR) is 74.6 cm³/mol. The van der Waals surface area contributed by atoms with Crippen molar-refractivity contribution in [3.05, 3.63) is 23.7 Å². The normalized spacial score (nSPS) is 11.1. The Morgan fingerprint density at radius 1 is 1.00 bits per heavy atom. The van der Waals surface area contributed by atoms with Crippen molar-refractivity contribution < 1.29 is 23.4 Å². The van der Waals surface area contributed by atoms with E-state index in [9.17, 15) is 0 Å². The molecule has 0 aliphatic heterocycles. The fraction of sp³-hybridized carbons (Fsp3) is 0.714. The zero-order valence-corrected chi connectivity index (χ0v) is 12.4. The second-order valence-electron chi connectivity index (χ2n) is 4.17. The van der Waals surface area contributed by atoms with Crippen molar-refractivity contribution in [1.82, 2.24) is 5.32 Å². The van der Waals surface area contributed by atoms with Crippen LogP contribution < -0.4 is 5.32 Å². The Bertz CT molecular complexity index is 329. The summed E-state index contributed by atoms with van der Waals surface area (Å²) in [5.74, 6) is 0.863. The molecule has 0 saturated heterocycles. The van der Waals surface area contributed by atoms with E-state index < -0.39 is 0 Å². The highest BCUT2D eigenvalue weighted by Crippen LogP contribution is 2.11. The lowest BCUT2D eigenvalue weighted by molar-refractivity contribution is -0.00137. The number of furan rings is 1. The number of ether oxygens (including phenoxy) is 4. The lowest BCUT2D eigenvalue weighted by Gasteiger charge is -2.06. The molecule has 1 heterocycles. The molecule has 116 valence electrons. The lowest BCUT2D eigenvalue weighted by atomic mass is 10.2. The molecule has 0 atom stereocenters. The number of hydrogen-bond acceptors (Lipinski definition) is 6. The first-order chi connectivity index (χ1) is 9.88. The van der Waals surface area contributed by atoms with Crippen molar-refractivity contribution in [3.63, 3.8) is 0 Å². The standard InChI is InChI=1S/C14H25NO5/c1-15-11-13-3-4-20-14(13)12-19-10-9-18-8-7-17-6-5-16-2/h3-4,15H,5-12H2,1-2H3. The Labute approximate surface area is 120 Å². The summed E-state index contributed by atoms with van der Waals surface area (Å²) in [4.78, 5) is 0. The Morgan fingerprint density at radius 2 is 1.65 bits per heavy atom. The highest BCUT2D eigenvalue weighted by molar-refractivity contribution is 5.15. The molecule has 0 spiro atoms. The zero-order chi connectivity index (χ0) is 14.5. The van der Waals surface area contributed by atoms with E-state index >= 15 is 0 Å². The molecule has 1 aromatic rings. The van der Waals surface area contributed by atoms with Crippen molar-refractivity contribution in [1.29, 1.82) is 0 Å². The van der Waals surface area contributed by atoms with E-state index in [1.165, 1.54) is 0 Å². The Morgan fingerprint density at radius 3 is 2.30 bits per heavy atom. The molecule has 1 aromatic heterocycles. The predicted octanol–water partition coefficient (Wildman–Crippen LogP) is 1.20. The fourth-order valence-corrected chi connectivity index (χ4v) is 1.59. The summed E-state index contributed by atoms with van der Waals surface area (Å²) in [6.07, 6.45) is 1.68. The summed E-state index contributed by atoms with van der Waals surface area (Å²) in [5, 5.41) is 3.09. The maximum Gasteiger partial charge on any atom is 0.133 e. The van der Waals surface area contributed by atoms with Crippen LogP contribution in [0.1, 0.15) is 11.3 Å². The molecular weight excluding hydrogens is 262 g/mol. The minimum atomic E-state index is 0.470. The van der Waals surface area contributed by atoms with Crippen LogP contribution in [0.2, 0.25) is 0 Å². The van der Waals surface area contributed by atoms with Crippen LogP contribution in [0.15, 0.2) is 16.7 Å². The van der Waals surface area contributed by atoms with Crippen LogP contribution in [-0.4, -0.2) is 53.8 Å². The molecule has 0 aliphatic carbocycles. The average molecular weight is 287 g/mol. The van der Waals surface area contributed by atoms with Crippen LogP contribution in [0.5, 0.6) is 0 Å². The SMILES string of the molecule is CNCc1ccoc1COCCOCCOCCOC. The molecular formula is C14H25NO5. The number of hydrogen-bond donors (Lipinski definition) is 1. The van der Waals surface area contributed by atoms with E-state index in [-0.39, 0.29) is 0 Å². The van der Waals surface area contributed by atoms with Gasteiger partial charge in [0.2, 0.25) is 0 Å². The second kappa shape index (κ2) is 11.9. The first-order valence-corrected chi connectivity index (χ1v) is 6.80. The van der Waals surface area contributed by atoms with Gasteiger partial charge in [-0.2, -0.15) is 0 Å². The number of nitrogens with one attached hydrogen (secondary N) is 1. The molecule has 0 fully saturated rings. The highest BCUT2D eigenvalue weighted by Gasteiger charge is 2.05. The van der Waals surface area contributed by atoms with Gasteiger partial charge in [0.25, 0.3) is 0 Å². The monoisotopic (exact) mass is 287 g/mol. The molecule has 1 N–H and O–H groups in total. The molecule has 0 saturated carbocycles. The van der Waals surface area contributed by atoms with Gasteiger partial charge in [0.15, 0.2) is 0 Å². The summed E-state index contributed by atoms with van der Waals surface area (Å²) in [6.45, 7) is 4.70. The first kappa shape index (κ1) is 17.1. The second-order valence-corrected chi connectivity index (χ2v) is 4.17. The molecule has 0 aromatic carbocycles. The van der Waals surface area contributed by atoms with Crippen molar-refractivity contribution in [2.24, 2.45) is 0 Å². The van der Waals surface area contributed by atoms with Gasteiger partial charge in [-0.25, -0.2) is 0 Å². The van der Waals surface area contributed by atoms with Gasteiger partial charge in [-0.15, -0.1) is 0 Å². The lowest BCUT2D eigenvalue weighted by Crippen LogP contribution is -2.11. The van der Waals surface area contributed by atoms with Gasteiger partial charge in [0.1, 0.15) is 12.4 Å². The van der Waals surface area contributed by atoms with Gasteiger partial charge < -0.3 is 28.7 Å². The molecule has 0 aliphatic rings. The summed E-state index contributed by atoms with van der Waals surface area (Å²) < 4.78 is 26.4. The van der Waals surface area contributed by atoms with E-state index in [0.717, 1.165) is 17.9 Å². The van der Waals surface area contributed by atoms with Gasteiger partial charge in [-0.1, -0.05) is 0 Å². The van der Waals surface area contributed by atoms with E-state index in [1.807, 2.05) is 13.1 Å². The Hall–Kier alpha value is -0.920. The molecule has 0 radical (unpaired) electrons. The summed E-state index contributed by atoms with van der Waals surface area (Å²) in [5.41, 5.74) is 1.12. The van der Waals surface area contributed by atoms with Crippen molar-refractivity contribution in [2.45, 2.75) is 13.2 Å². The summed E-state index contributed by atoms with van der Waals surface area (Å²) in [6, 6.07) is 1.95. The minimum Gasteiger partial charge on any atom is -0.467 e. The minimum absolute atomic E-state index is 0.470. The molecule has 1 rings (SSSR count). The third kappa shape index (κ3) is 7.62. The molecule has 20 heavy (non-hydrogen) atoms. The van der Waals surface area contributed by atoms with Gasteiger partial charge in [-0.3, -0.25) is 0 Å². The van der Waals surface area contributed by atoms with Crippen LogP contribution in [0, 0.1) is 0 Å². The van der Waals surface area contributed by atoms with Gasteiger partial charge in [0, 0.05) is 19.2 Å². The van der Waals surface area contributed by atoms with Crippen molar-refractivity contribution in [2.75, 3.05) is 53.8 Å². The molecule has 0 unspecified atom stereocenters. The highest BCUT2D eigenvalue weighted by atomic mass is 16.6. The van der Waals surface area contributed by atoms with Gasteiger partial charge in [0.05, 0.1) is 45.9 Å². The van der Waals surface area contributed by atoms with E-state index in [4.69, 9.17) is 23.4 Å². The fourth-order valence-electron chi connectivity index (χ4n) is 1.59. The van der Waals surface area contributed by atoms with Crippen LogP contribution in [0.3, 0.4) is 0 Å². The van der Waals surface area contributed by atoms with Crippen LogP contribution in [0.25, 0.3) is 0 Å². The first-order valence-electron chi connectivity index (χ1n) is 6.80. The van der Waals surface area contributed by atoms with Crippen LogP contribution in [-0.2, 0) is 32.1 Å². The molecule has 0 bridgehead atoms. The van der Waals surface area contributed by atoms with Gasteiger partial charge >= 0.3 is 0 Å². The maximum atomic E-state index is 5.50. The zero-order valence-electron chi connectivity index (χ0n) is 12.4. The Balaban J connectivity index is 1.93. The van der Waals surface area contributed by atoms with Crippen LogP contribution >= 0.6 is 0 Å². The van der Waals surface area contributed by atoms with Crippen molar-refractivity contribution >= 4 is 0 Å². The third-order valence-electron chi connectivity index (χ3n) is 2.61. The van der Waals surface area contributed by atoms with Crippen molar-refractivity contribution in [3.8, 4) is 0 Å². The van der Waals surface area contributed by atoms with E-state index in [2.05, 4.69) is 5.32 Å². The molecule has 6 nitrogen and oxygen atoms in total. The molecule has 6 heteroatoms. The quantitative estimate of drug-likeness (QED) is 0.550. The average Bonchev–Trinajstić information content (AvgIpc) is 2.89. The van der Waals surface area contributed by atoms with Crippen LogP contribution in [0.4, 0.5) is 0 Å². The van der Waals surface area contributed by atoms with E-state index in [0.29, 0.717) is 46.2 Å². The third-order valence-corrected chi connectivity index (χ3v) is 2.61. The summed E-state index contributed by atoms with van der Waals surface area (Å²) >= 11 is 0. The number of methoxy groups -OCH3 is 1. The topological polar surface area (TPSA) is 62.1 Å². The van der Waals surface area contributed by atoms with Gasteiger partial charge in [-0.05, 0) is 13.1 Å². The van der Waals surface area contributed by atoms with E-state index in [1.54, 1.807) is 13.4 Å². The summed E-state index contributed by atoms with van der Waals surface area (Å²) in [7, 11) is 3.55. The Kier molecular flexibility index (Phi) is 10.2. The number of rotatable bonds is 13.